The van der Waals surface area contributed by atoms with Crippen LogP contribution in [0.2, 0.25) is 0 Å². The van der Waals surface area contributed by atoms with Gasteiger partial charge in [0.2, 0.25) is 0 Å². The van der Waals surface area contributed by atoms with Gasteiger partial charge in [0.25, 0.3) is 0 Å². The minimum absolute atomic E-state index is 0.923. The maximum Gasteiger partial charge on any atom is 0.117 e. The van der Waals surface area contributed by atoms with Gasteiger partial charge in [0.1, 0.15) is 5.84 Å². The van der Waals surface area contributed by atoms with Gasteiger partial charge in [0.15, 0.2) is 0 Å². The number of aliphatic imine (C=N–C) groups is 1. The van der Waals surface area contributed by atoms with E-state index in [2.05, 4.69) is 58.0 Å². The van der Waals surface area contributed by atoms with Crippen molar-refractivity contribution >= 4 is 22.8 Å². The maximum atomic E-state index is 4.51. The van der Waals surface area contributed by atoms with Gasteiger partial charge in [-0.1, -0.05) is 48.9 Å². The van der Waals surface area contributed by atoms with Crippen molar-refractivity contribution in [1.82, 2.24) is 5.43 Å². The third-order valence-electron chi connectivity index (χ3n) is 3.59. The second-order valence-corrected chi connectivity index (χ2v) is 5.08. The van der Waals surface area contributed by atoms with Gasteiger partial charge in [-0.25, -0.2) is 0 Å². The summed E-state index contributed by atoms with van der Waals surface area (Å²) in [7, 11) is 0. The molecule has 0 amide bonds. The van der Waals surface area contributed by atoms with E-state index in [1.54, 1.807) is 0 Å². The highest BCUT2D eigenvalue weighted by Crippen LogP contribution is 2.16. The van der Waals surface area contributed by atoms with E-state index in [0.29, 0.717) is 0 Å². The summed E-state index contributed by atoms with van der Waals surface area (Å²) in [6.45, 7) is 0.923. The molecule has 0 saturated carbocycles. The summed E-state index contributed by atoms with van der Waals surface area (Å²) >= 11 is 0. The van der Waals surface area contributed by atoms with Crippen molar-refractivity contribution in [3.8, 4) is 0 Å². The Kier molecular flexibility index (Phi) is 4.07. The van der Waals surface area contributed by atoms with Crippen LogP contribution in [0.25, 0.3) is 10.8 Å². The predicted molar refractivity (Wildman–Crippen MR) is 85.4 cm³/mol. The molecule has 2 aromatic carbocycles. The van der Waals surface area contributed by atoms with Gasteiger partial charge in [0.05, 0.1) is 6.21 Å². The standard InChI is InChI=1S/C17H19N3/c1-2-11-17(18-12-5-1)20-19-13-15-9-6-8-14-7-3-4-10-16(14)15/h3-4,6-10,13H,1-2,5,11-12H2,(H,18,20)/b19-13+. The number of fused-ring (bicyclic) bond motifs is 1. The zero-order valence-electron chi connectivity index (χ0n) is 11.5. The molecule has 0 unspecified atom stereocenters. The van der Waals surface area contributed by atoms with Gasteiger partial charge in [-0.05, 0) is 23.6 Å². The highest BCUT2D eigenvalue weighted by atomic mass is 15.3. The van der Waals surface area contributed by atoms with E-state index < -0.39 is 0 Å². The molecule has 0 bridgehead atoms. The van der Waals surface area contributed by atoms with Crippen molar-refractivity contribution in [3.63, 3.8) is 0 Å². The second kappa shape index (κ2) is 6.33. The molecule has 0 aliphatic carbocycles. The van der Waals surface area contributed by atoms with Gasteiger partial charge >= 0.3 is 0 Å². The van der Waals surface area contributed by atoms with Crippen LogP contribution in [0.1, 0.15) is 31.2 Å². The predicted octanol–water partition coefficient (Wildman–Crippen LogP) is 3.74. The molecule has 1 heterocycles. The first-order chi connectivity index (χ1) is 9.93. The quantitative estimate of drug-likeness (QED) is 0.652. The average molecular weight is 265 g/mol. The molecule has 1 aliphatic rings. The first-order valence-electron chi connectivity index (χ1n) is 7.24. The molecule has 1 aliphatic heterocycles. The minimum Gasteiger partial charge on any atom is -0.271 e. The molecule has 3 rings (SSSR count). The Bertz CT molecular complexity index is 638. The lowest BCUT2D eigenvalue weighted by Gasteiger charge is -2.03. The largest absolute Gasteiger partial charge is 0.271 e. The van der Waals surface area contributed by atoms with E-state index in [1.807, 2.05) is 6.21 Å². The number of benzene rings is 2. The fraction of sp³-hybridized carbons (Fsp3) is 0.294. The Labute approximate surface area is 119 Å². The number of hydrazone groups is 1. The Morgan fingerprint density at radius 2 is 1.90 bits per heavy atom. The summed E-state index contributed by atoms with van der Waals surface area (Å²) in [5.74, 6) is 1.01. The molecule has 3 heteroatoms. The van der Waals surface area contributed by atoms with Crippen LogP contribution in [0.5, 0.6) is 0 Å². The third kappa shape index (κ3) is 3.05. The van der Waals surface area contributed by atoms with Crippen molar-refractivity contribution in [2.45, 2.75) is 25.7 Å². The molecule has 0 spiro atoms. The second-order valence-electron chi connectivity index (χ2n) is 5.08. The van der Waals surface area contributed by atoms with E-state index in [0.717, 1.165) is 24.4 Å². The summed E-state index contributed by atoms with van der Waals surface area (Å²) in [6.07, 6.45) is 6.55. The maximum absolute atomic E-state index is 4.51. The van der Waals surface area contributed by atoms with Gasteiger partial charge < -0.3 is 0 Å². The van der Waals surface area contributed by atoms with Crippen LogP contribution in [-0.4, -0.2) is 18.6 Å². The van der Waals surface area contributed by atoms with Crippen molar-refractivity contribution < 1.29 is 0 Å². The molecule has 20 heavy (non-hydrogen) atoms. The molecule has 102 valence electrons. The number of nitrogens with one attached hydrogen (secondary N) is 1. The third-order valence-corrected chi connectivity index (χ3v) is 3.59. The number of hydrogen-bond acceptors (Lipinski definition) is 3. The van der Waals surface area contributed by atoms with Crippen LogP contribution in [0, 0.1) is 0 Å². The van der Waals surface area contributed by atoms with Gasteiger partial charge in [0, 0.05) is 18.5 Å². The molecular weight excluding hydrogens is 246 g/mol. The van der Waals surface area contributed by atoms with Crippen molar-refractivity contribution in [3.05, 3.63) is 48.0 Å². The molecule has 0 aromatic heterocycles. The molecule has 0 atom stereocenters. The molecule has 0 fully saturated rings. The smallest absolute Gasteiger partial charge is 0.117 e. The van der Waals surface area contributed by atoms with Crippen molar-refractivity contribution in [1.29, 1.82) is 0 Å². The van der Waals surface area contributed by atoms with Gasteiger partial charge in [-0.2, -0.15) is 5.10 Å². The molecule has 0 radical (unpaired) electrons. The summed E-state index contributed by atoms with van der Waals surface area (Å²) in [6, 6.07) is 14.6. The van der Waals surface area contributed by atoms with Crippen LogP contribution in [0.15, 0.2) is 52.6 Å². The summed E-state index contributed by atoms with van der Waals surface area (Å²) in [5, 5.41) is 6.82. The van der Waals surface area contributed by atoms with E-state index in [-0.39, 0.29) is 0 Å². The minimum atomic E-state index is 0.923. The summed E-state index contributed by atoms with van der Waals surface area (Å²) in [4.78, 5) is 4.51. The summed E-state index contributed by atoms with van der Waals surface area (Å²) in [5.41, 5.74) is 4.22. The Morgan fingerprint density at radius 1 is 1.00 bits per heavy atom. The number of hydrogen-bond donors (Lipinski definition) is 1. The average Bonchev–Trinajstić information content (AvgIpc) is 2.76. The lowest BCUT2D eigenvalue weighted by molar-refractivity contribution is 0.729. The molecule has 3 nitrogen and oxygen atoms in total. The van der Waals surface area contributed by atoms with Crippen LogP contribution in [0.3, 0.4) is 0 Å². The first-order valence-corrected chi connectivity index (χ1v) is 7.24. The fourth-order valence-corrected chi connectivity index (χ4v) is 2.50. The fourth-order valence-electron chi connectivity index (χ4n) is 2.50. The highest BCUT2D eigenvalue weighted by Gasteiger charge is 2.02. The molecule has 2 aromatic rings. The number of rotatable bonds is 2. The zero-order valence-corrected chi connectivity index (χ0v) is 11.5. The van der Waals surface area contributed by atoms with Crippen molar-refractivity contribution in [2.75, 3.05) is 6.54 Å². The first kappa shape index (κ1) is 12.9. The SMILES string of the molecule is C(=N\NC1=NCCCCC1)/c1cccc2ccccc12. The Hall–Kier alpha value is -2.16. The van der Waals surface area contributed by atoms with E-state index in [4.69, 9.17) is 0 Å². The monoisotopic (exact) mass is 265 g/mol. The highest BCUT2D eigenvalue weighted by molar-refractivity contribution is 6.00. The van der Waals surface area contributed by atoms with Crippen molar-refractivity contribution in [2.24, 2.45) is 10.1 Å². The van der Waals surface area contributed by atoms with Crippen LogP contribution in [-0.2, 0) is 0 Å². The Morgan fingerprint density at radius 3 is 2.90 bits per heavy atom. The van der Waals surface area contributed by atoms with Gasteiger partial charge in [-0.15, -0.1) is 0 Å². The van der Waals surface area contributed by atoms with Gasteiger partial charge in [-0.3, -0.25) is 10.4 Å². The normalized spacial score (nSPS) is 16.1. The molecule has 0 saturated heterocycles. The summed E-state index contributed by atoms with van der Waals surface area (Å²) < 4.78 is 0. The lowest BCUT2D eigenvalue weighted by atomic mass is 10.1. The molecular formula is C17H19N3. The van der Waals surface area contributed by atoms with E-state index in [9.17, 15) is 0 Å². The van der Waals surface area contributed by atoms with Crippen LogP contribution >= 0.6 is 0 Å². The van der Waals surface area contributed by atoms with E-state index in [1.165, 1.54) is 30.0 Å². The topological polar surface area (TPSA) is 36.8 Å². The number of amidine groups is 1. The Balaban J connectivity index is 1.75. The lowest BCUT2D eigenvalue weighted by Crippen LogP contribution is -2.17. The molecule has 1 N–H and O–H groups in total. The van der Waals surface area contributed by atoms with Crippen LogP contribution in [0.4, 0.5) is 0 Å². The number of nitrogens with zero attached hydrogens (tertiary/aromatic N) is 2. The zero-order chi connectivity index (χ0) is 13.6. The van der Waals surface area contributed by atoms with E-state index >= 15 is 0 Å². The van der Waals surface area contributed by atoms with Crippen LogP contribution < -0.4 is 5.43 Å².